The van der Waals surface area contributed by atoms with E-state index in [-0.39, 0.29) is 5.56 Å². The molecule has 1 aromatic carbocycles. The van der Waals surface area contributed by atoms with E-state index < -0.39 is 0 Å². The molecule has 3 aromatic rings. The molecule has 0 saturated carbocycles. The van der Waals surface area contributed by atoms with Gasteiger partial charge in [-0.3, -0.25) is 4.79 Å². The number of nitrogens with one attached hydrogen (secondary N) is 1. The Morgan fingerprint density at radius 3 is 2.72 bits per heavy atom. The molecule has 0 spiro atoms. The van der Waals surface area contributed by atoms with Crippen molar-refractivity contribution in [1.82, 2.24) is 20.1 Å². The van der Waals surface area contributed by atoms with Gasteiger partial charge in [-0.25, -0.2) is 4.98 Å². The van der Waals surface area contributed by atoms with E-state index in [1.165, 1.54) is 22.7 Å². The van der Waals surface area contributed by atoms with Crippen LogP contribution in [-0.2, 0) is 12.2 Å². The summed E-state index contributed by atoms with van der Waals surface area (Å²) in [6.07, 6.45) is 3.77. The van der Waals surface area contributed by atoms with Crippen LogP contribution in [0.2, 0.25) is 0 Å². The van der Waals surface area contributed by atoms with E-state index in [4.69, 9.17) is 4.52 Å². The van der Waals surface area contributed by atoms with E-state index >= 15 is 0 Å². The second-order valence-electron chi connectivity index (χ2n) is 5.32. The number of hydrogen-bond donors (Lipinski definition) is 1. The van der Waals surface area contributed by atoms with Gasteiger partial charge in [-0.1, -0.05) is 30.3 Å². The molecule has 0 saturated heterocycles. The lowest BCUT2D eigenvalue weighted by Crippen LogP contribution is -2.09. The van der Waals surface area contributed by atoms with Crippen molar-refractivity contribution in [1.29, 1.82) is 0 Å². The van der Waals surface area contributed by atoms with Crippen LogP contribution in [0.15, 0.2) is 49.7 Å². The van der Waals surface area contributed by atoms with Gasteiger partial charge in [-0.05, 0) is 36.9 Å². The van der Waals surface area contributed by atoms with E-state index in [1.807, 2.05) is 30.5 Å². The van der Waals surface area contributed by atoms with Crippen molar-refractivity contribution < 1.29 is 4.52 Å². The van der Waals surface area contributed by atoms with Gasteiger partial charge in [0, 0.05) is 22.2 Å². The summed E-state index contributed by atoms with van der Waals surface area (Å²) in [4.78, 5) is 24.4. The molecule has 0 unspecified atom stereocenters. The predicted molar refractivity (Wildman–Crippen MR) is 99.9 cm³/mol. The molecular weight excluding hydrogens is 356 g/mol. The number of rotatable bonds is 7. The summed E-state index contributed by atoms with van der Waals surface area (Å²) in [5.41, 5.74) is 1.57. The first-order valence-electron chi connectivity index (χ1n) is 7.88. The average molecular weight is 374 g/mol. The monoisotopic (exact) mass is 374 g/mol. The normalized spacial score (nSPS) is 11.0. The van der Waals surface area contributed by atoms with Crippen LogP contribution >= 0.6 is 23.5 Å². The highest BCUT2D eigenvalue weighted by Crippen LogP contribution is 2.23. The topological polar surface area (TPSA) is 84.7 Å². The van der Waals surface area contributed by atoms with Gasteiger partial charge in [-0.15, -0.1) is 11.8 Å². The number of nitrogens with zero attached hydrogens (tertiary/aromatic N) is 3. The second kappa shape index (κ2) is 8.35. The molecule has 6 nitrogen and oxygen atoms in total. The molecule has 0 bridgehead atoms. The zero-order chi connectivity index (χ0) is 17.6. The number of thioether (sulfide) groups is 2. The van der Waals surface area contributed by atoms with Crippen molar-refractivity contribution in [3.8, 4) is 11.4 Å². The number of aromatic amines is 1. The SMILES string of the molecule is CCCc1cc(=O)[nH]c(SCc2nc(-c3ccc(SC)cc3)no2)n1. The van der Waals surface area contributed by atoms with Crippen molar-refractivity contribution in [3.05, 3.63) is 52.3 Å². The van der Waals surface area contributed by atoms with Crippen LogP contribution in [0.3, 0.4) is 0 Å². The average Bonchev–Trinajstić information content (AvgIpc) is 3.09. The van der Waals surface area contributed by atoms with Crippen LogP contribution in [-0.4, -0.2) is 26.4 Å². The van der Waals surface area contributed by atoms with Gasteiger partial charge in [0.15, 0.2) is 5.16 Å². The Bertz CT molecular complexity index is 890. The highest BCUT2D eigenvalue weighted by molar-refractivity contribution is 7.98. The van der Waals surface area contributed by atoms with Gasteiger partial charge >= 0.3 is 0 Å². The van der Waals surface area contributed by atoms with Crippen LogP contribution in [0.1, 0.15) is 24.9 Å². The van der Waals surface area contributed by atoms with Gasteiger partial charge in [0.05, 0.1) is 5.75 Å². The maximum atomic E-state index is 11.7. The van der Waals surface area contributed by atoms with Crippen LogP contribution in [0.25, 0.3) is 11.4 Å². The van der Waals surface area contributed by atoms with Gasteiger partial charge in [0.2, 0.25) is 11.7 Å². The van der Waals surface area contributed by atoms with E-state index in [2.05, 4.69) is 27.0 Å². The fraction of sp³-hybridized carbons (Fsp3) is 0.294. The maximum Gasteiger partial charge on any atom is 0.251 e. The number of aryl methyl sites for hydroxylation is 1. The van der Waals surface area contributed by atoms with Crippen molar-refractivity contribution in [2.24, 2.45) is 0 Å². The maximum absolute atomic E-state index is 11.7. The zero-order valence-corrected chi connectivity index (χ0v) is 15.6. The quantitative estimate of drug-likeness (QED) is 0.497. The van der Waals surface area contributed by atoms with Crippen molar-refractivity contribution in [3.63, 3.8) is 0 Å². The lowest BCUT2D eigenvalue weighted by Gasteiger charge is -2.01. The van der Waals surface area contributed by atoms with E-state index in [1.54, 1.807) is 11.8 Å². The second-order valence-corrected chi connectivity index (χ2v) is 7.16. The Labute approximate surface area is 153 Å². The highest BCUT2D eigenvalue weighted by Gasteiger charge is 2.10. The van der Waals surface area contributed by atoms with E-state index in [0.29, 0.717) is 22.6 Å². The molecule has 0 radical (unpaired) electrons. The van der Waals surface area contributed by atoms with Crippen LogP contribution in [0.5, 0.6) is 0 Å². The standard InChI is InChI=1S/C17H18N4O2S2/c1-3-4-12-9-14(22)19-17(18-12)25-10-15-20-16(21-23-15)11-5-7-13(24-2)8-6-11/h5-9H,3-4,10H2,1-2H3,(H,18,19,22). The van der Waals surface area contributed by atoms with Gasteiger partial charge in [-0.2, -0.15) is 4.98 Å². The Balaban J connectivity index is 1.68. The third-order valence-electron chi connectivity index (χ3n) is 3.43. The minimum absolute atomic E-state index is 0.138. The zero-order valence-electron chi connectivity index (χ0n) is 14.0. The molecule has 2 aromatic heterocycles. The van der Waals surface area contributed by atoms with Gasteiger partial charge in [0.1, 0.15) is 0 Å². The van der Waals surface area contributed by atoms with Gasteiger partial charge in [0.25, 0.3) is 5.56 Å². The molecule has 8 heteroatoms. The first-order valence-corrected chi connectivity index (χ1v) is 10.1. The van der Waals surface area contributed by atoms with Crippen molar-refractivity contribution in [2.75, 3.05) is 6.26 Å². The number of H-pyrrole nitrogens is 1. The van der Waals surface area contributed by atoms with E-state index in [9.17, 15) is 4.79 Å². The van der Waals surface area contributed by atoms with Crippen LogP contribution in [0, 0.1) is 0 Å². The first-order chi connectivity index (χ1) is 12.2. The summed E-state index contributed by atoms with van der Waals surface area (Å²) >= 11 is 3.06. The molecule has 130 valence electrons. The molecular formula is C17H18N4O2S2. The fourth-order valence-corrected chi connectivity index (χ4v) is 3.38. The first kappa shape index (κ1) is 17.8. The Morgan fingerprint density at radius 1 is 1.20 bits per heavy atom. The summed E-state index contributed by atoms with van der Waals surface area (Å²) in [6, 6.07) is 9.54. The molecule has 0 aliphatic carbocycles. The molecule has 0 aliphatic rings. The summed E-state index contributed by atoms with van der Waals surface area (Å²) in [5.74, 6) is 1.51. The number of benzene rings is 1. The minimum Gasteiger partial charge on any atom is -0.338 e. The van der Waals surface area contributed by atoms with Crippen molar-refractivity contribution in [2.45, 2.75) is 35.6 Å². The third kappa shape index (κ3) is 4.73. The molecule has 0 aliphatic heterocycles. The van der Waals surface area contributed by atoms with E-state index in [0.717, 1.165) is 24.1 Å². The highest BCUT2D eigenvalue weighted by atomic mass is 32.2. The number of hydrogen-bond acceptors (Lipinski definition) is 7. The Kier molecular flexibility index (Phi) is 5.93. The summed E-state index contributed by atoms with van der Waals surface area (Å²) < 4.78 is 5.30. The molecule has 2 heterocycles. The minimum atomic E-state index is -0.138. The predicted octanol–water partition coefficient (Wildman–Crippen LogP) is 3.79. The Hall–Kier alpha value is -2.06. The fourth-order valence-electron chi connectivity index (χ4n) is 2.24. The lowest BCUT2D eigenvalue weighted by molar-refractivity contribution is 0.391. The molecule has 25 heavy (non-hydrogen) atoms. The lowest BCUT2D eigenvalue weighted by atomic mass is 10.2. The molecule has 0 atom stereocenters. The van der Waals surface area contributed by atoms with Crippen LogP contribution in [0.4, 0.5) is 0 Å². The summed E-state index contributed by atoms with van der Waals surface area (Å²) in [5, 5.41) is 4.59. The molecule has 1 N–H and O–H groups in total. The molecule has 0 amide bonds. The third-order valence-corrected chi connectivity index (χ3v) is 5.03. The molecule has 3 rings (SSSR count). The van der Waals surface area contributed by atoms with Crippen LogP contribution < -0.4 is 5.56 Å². The smallest absolute Gasteiger partial charge is 0.251 e. The summed E-state index contributed by atoms with van der Waals surface area (Å²) in [6.45, 7) is 2.06. The Morgan fingerprint density at radius 2 is 2.00 bits per heavy atom. The largest absolute Gasteiger partial charge is 0.338 e. The van der Waals surface area contributed by atoms with Crippen molar-refractivity contribution >= 4 is 23.5 Å². The number of aromatic nitrogens is 4. The molecule has 0 fully saturated rings. The van der Waals surface area contributed by atoms with Gasteiger partial charge < -0.3 is 9.51 Å². The summed E-state index contributed by atoms with van der Waals surface area (Å²) in [7, 11) is 0.